The third kappa shape index (κ3) is 4.63. The van der Waals surface area contributed by atoms with Crippen LogP contribution in [-0.4, -0.2) is 57.0 Å². The molecular formula is C19H28N6O2. The number of nitrogens with one attached hydrogen (secondary N) is 1. The van der Waals surface area contributed by atoms with Crippen LogP contribution < -0.4 is 11.1 Å². The number of aryl methyl sites for hydroxylation is 3. The Balaban J connectivity index is 1.54. The normalized spacial score (nSPS) is 16.0. The molecule has 3 heterocycles. The maximum atomic E-state index is 12.4. The molecular weight excluding hydrogens is 344 g/mol. The van der Waals surface area contributed by atoms with Gasteiger partial charge in [0.05, 0.1) is 12.2 Å². The quantitative estimate of drug-likeness (QED) is 0.775. The topological polar surface area (TPSA) is 106 Å². The van der Waals surface area contributed by atoms with Crippen LogP contribution in [0.5, 0.6) is 0 Å². The van der Waals surface area contributed by atoms with Crippen LogP contribution in [-0.2, 0) is 16.0 Å². The van der Waals surface area contributed by atoms with E-state index < -0.39 is 0 Å². The van der Waals surface area contributed by atoms with Gasteiger partial charge in [0.15, 0.2) is 5.65 Å². The van der Waals surface area contributed by atoms with E-state index in [4.69, 9.17) is 5.73 Å². The number of nitrogens with two attached hydrogens (primary N) is 1. The molecule has 0 unspecified atom stereocenters. The monoisotopic (exact) mass is 372 g/mol. The predicted molar refractivity (Wildman–Crippen MR) is 102 cm³/mol. The molecule has 1 saturated heterocycles. The van der Waals surface area contributed by atoms with Gasteiger partial charge in [0.1, 0.15) is 0 Å². The van der Waals surface area contributed by atoms with Crippen molar-refractivity contribution in [3.63, 3.8) is 0 Å². The van der Waals surface area contributed by atoms with Crippen LogP contribution in [0.25, 0.3) is 5.65 Å². The SMILES string of the molecule is Cc1cc2nc(C)c(CCC(=O)NC3CCN(CC(N)=O)CC3)c(C)n2n1. The Morgan fingerprint density at radius 2 is 1.96 bits per heavy atom. The fraction of sp³-hybridized carbons (Fsp3) is 0.579. The molecule has 0 spiro atoms. The number of hydrogen-bond acceptors (Lipinski definition) is 5. The van der Waals surface area contributed by atoms with Gasteiger partial charge in [-0.2, -0.15) is 5.10 Å². The van der Waals surface area contributed by atoms with E-state index in [-0.39, 0.29) is 17.9 Å². The third-order valence-electron chi connectivity index (χ3n) is 5.22. The molecule has 8 nitrogen and oxygen atoms in total. The van der Waals surface area contributed by atoms with Gasteiger partial charge < -0.3 is 11.1 Å². The summed E-state index contributed by atoms with van der Waals surface area (Å²) in [6.45, 7) is 7.82. The van der Waals surface area contributed by atoms with Gasteiger partial charge in [-0.1, -0.05) is 0 Å². The Bertz CT molecular complexity index is 851. The van der Waals surface area contributed by atoms with E-state index in [1.165, 1.54) is 0 Å². The lowest BCUT2D eigenvalue weighted by Gasteiger charge is -2.31. The molecule has 146 valence electrons. The van der Waals surface area contributed by atoms with Gasteiger partial charge in [0.2, 0.25) is 11.8 Å². The molecule has 8 heteroatoms. The standard InChI is InChI=1S/C19H28N6O2/c1-12-10-18-21-13(2)16(14(3)25(18)23-12)4-5-19(27)22-15-6-8-24(9-7-15)11-17(20)26/h10,15H,4-9,11H2,1-3H3,(H2,20,26)(H,22,27). The van der Waals surface area contributed by atoms with Crippen molar-refractivity contribution in [2.45, 2.75) is 52.5 Å². The van der Waals surface area contributed by atoms with Crippen molar-refractivity contribution in [1.29, 1.82) is 0 Å². The van der Waals surface area contributed by atoms with Crippen molar-refractivity contribution in [2.75, 3.05) is 19.6 Å². The summed E-state index contributed by atoms with van der Waals surface area (Å²) >= 11 is 0. The highest BCUT2D eigenvalue weighted by Crippen LogP contribution is 2.17. The Kier molecular flexibility index (Phi) is 5.74. The van der Waals surface area contributed by atoms with E-state index in [9.17, 15) is 9.59 Å². The van der Waals surface area contributed by atoms with Gasteiger partial charge in [0.25, 0.3) is 0 Å². The molecule has 0 aliphatic carbocycles. The molecule has 3 rings (SSSR count). The van der Waals surface area contributed by atoms with Crippen LogP contribution in [0.15, 0.2) is 6.07 Å². The minimum absolute atomic E-state index is 0.0545. The average molecular weight is 372 g/mol. The Morgan fingerprint density at radius 1 is 1.26 bits per heavy atom. The zero-order valence-electron chi connectivity index (χ0n) is 16.3. The number of primary amides is 1. The molecule has 1 fully saturated rings. The first-order valence-corrected chi connectivity index (χ1v) is 9.46. The highest BCUT2D eigenvalue weighted by atomic mass is 16.2. The summed E-state index contributed by atoms with van der Waals surface area (Å²) in [5, 5.41) is 7.60. The first-order valence-electron chi connectivity index (χ1n) is 9.46. The summed E-state index contributed by atoms with van der Waals surface area (Å²) in [6, 6.07) is 2.12. The van der Waals surface area contributed by atoms with Crippen molar-refractivity contribution in [3.05, 3.63) is 28.7 Å². The average Bonchev–Trinajstić information content (AvgIpc) is 2.96. The molecule has 0 atom stereocenters. The Hall–Kier alpha value is -2.48. The number of aromatic nitrogens is 3. The smallest absolute Gasteiger partial charge is 0.231 e. The lowest BCUT2D eigenvalue weighted by atomic mass is 10.0. The molecule has 0 bridgehead atoms. The highest BCUT2D eigenvalue weighted by Gasteiger charge is 2.21. The van der Waals surface area contributed by atoms with Crippen LogP contribution in [0.4, 0.5) is 0 Å². The molecule has 27 heavy (non-hydrogen) atoms. The second-order valence-electron chi connectivity index (χ2n) is 7.40. The maximum absolute atomic E-state index is 12.4. The largest absolute Gasteiger partial charge is 0.369 e. The van der Waals surface area contributed by atoms with Gasteiger partial charge in [-0.05, 0) is 45.6 Å². The van der Waals surface area contributed by atoms with E-state index in [1.54, 1.807) is 0 Å². The number of amides is 2. The first-order chi connectivity index (χ1) is 12.8. The van der Waals surface area contributed by atoms with E-state index >= 15 is 0 Å². The zero-order chi connectivity index (χ0) is 19.6. The van der Waals surface area contributed by atoms with Crippen LogP contribution >= 0.6 is 0 Å². The number of nitrogens with zero attached hydrogens (tertiary/aromatic N) is 4. The number of carbonyl (C=O) groups excluding carboxylic acids is 2. The van der Waals surface area contributed by atoms with Crippen molar-refractivity contribution in [2.24, 2.45) is 5.73 Å². The fourth-order valence-corrected chi connectivity index (χ4v) is 3.80. The van der Waals surface area contributed by atoms with Crippen LogP contribution in [0.3, 0.4) is 0 Å². The summed E-state index contributed by atoms with van der Waals surface area (Å²) in [6.07, 6.45) is 2.76. The van der Waals surface area contributed by atoms with E-state index in [1.807, 2.05) is 36.3 Å². The molecule has 3 N–H and O–H groups in total. The van der Waals surface area contributed by atoms with Crippen molar-refractivity contribution >= 4 is 17.5 Å². The summed E-state index contributed by atoms with van der Waals surface area (Å²) in [4.78, 5) is 30.0. The maximum Gasteiger partial charge on any atom is 0.231 e. The fourth-order valence-electron chi connectivity index (χ4n) is 3.80. The lowest BCUT2D eigenvalue weighted by molar-refractivity contribution is -0.123. The van der Waals surface area contributed by atoms with Crippen molar-refractivity contribution < 1.29 is 9.59 Å². The number of rotatable bonds is 6. The minimum Gasteiger partial charge on any atom is -0.369 e. The third-order valence-corrected chi connectivity index (χ3v) is 5.22. The number of piperidine rings is 1. The van der Waals surface area contributed by atoms with Gasteiger partial charge in [-0.15, -0.1) is 0 Å². The summed E-state index contributed by atoms with van der Waals surface area (Å²) in [5.74, 6) is -0.250. The summed E-state index contributed by atoms with van der Waals surface area (Å²) < 4.78 is 1.85. The lowest BCUT2D eigenvalue weighted by Crippen LogP contribution is -2.46. The zero-order valence-corrected chi connectivity index (χ0v) is 16.3. The van der Waals surface area contributed by atoms with E-state index in [2.05, 4.69) is 15.4 Å². The second-order valence-corrected chi connectivity index (χ2v) is 7.40. The number of fused-ring (bicyclic) bond motifs is 1. The molecule has 1 aliphatic rings. The van der Waals surface area contributed by atoms with Gasteiger partial charge >= 0.3 is 0 Å². The highest BCUT2D eigenvalue weighted by molar-refractivity contribution is 5.77. The molecule has 2 aromatic rings. The van der Waals surface area contributed by atoms with E-state index in [0.717, 1.165) is 54.2 Å². The molecule has 0 radical (unpaired) electrons. The summed E-state index contributed by atoms with van der Waals surface area (Å²) in [5.41, 5.74) is 10.1. The second kappa shape index (κ2) is 8.04. The molecule has 0 saturated carbocycles. The van der Waals surface area contributed by atoms with Crippen LogP contribution in [0, 0.1) is 20.8 Å². The predicted octanol–water partition coefficient (Wildman–Crippen LogP) is 0.653. The van der Waals surface area contributed by atoms with Crippen LogP contribution in [0.2, 0.25) is 0 Å². The molecule has 0 aromatic carbocycles. The van der Waals surface area contributed by atoms with Crippen molar-refractivity contribution in [1.82, 2.24) is 24.8 Å². The first kappa shape index (κ1) is 19.3. The molecule has 2 aromatic heterocycles. The Morgan fingerprint density at radius 3 is 2.63 bits per heavy atom. The van der Waals surface area contributed by atoms with E-state index in [0.29, 0.717) is 19.4 Å². The minimum atomic E-state index is -0.304. The molecule has 1 aliphatic heterocycles. The van der Waals surface area contributed by atoms with Gasteiger partial charge in [-0.3, -0.25) is 14.5 Å². The number of carbonyl (C=O) groups is 2. The van der Waals surface area contributed by atoms with Crippen molar-refractivity contribution in [3.8, 4) is 0 Å². The Labute approximate surface area is 159 Å². The van der Waals surface area contributed by atoms with Gasteiger partial charge in [0, 0.05) is 43.0 Å². The van der Waals surface area contributed by atoms with Crippen LogP contribution in [0.1, 0.15) is 41.9 Å². The summed E-state index contributed by atoms with van der Waals surface area (Å²) in [7, 11) is 0. The van der Waals surface area contributed by atoms with Gasteiger partial charge in [-0.25, -0.2) is 9.50 Å². The number of hydrogen-bond donors (Lipinski definition) is 2. The number of likely N-dealkylation sites (tertiary alicyclic amines) is 1. The molecule has 2 amide bonds.